The summed E-state index contributed by atoms with van der Waals surface area (Å²) in [6, 6.07) is 19.7. The van der Waals surface area contributed by atoms with E-state index < -0.39 is 0 Å². The summed E-state index contributed by atoms with van der Waals surface area (Å²) in [7, 11) is 0. The molecule has 0 N–H and O–H groups in total. The van der Waals surface area contributed by atoms with E-state index in [1.807, 2.05) is 73.7 Å². The van der Waals surface area contributed by atoms with Crippen LogP contribution in [0, 0.1) is 13.8 Å². The monoisotopic (exact) mass is 485 g/mol. The molecule has 0 amide bonds. The first kappa shape index (κ1) is 23.1. The Bertz CT molecular complexity index is 1600. The molecule has 5 aromatic rings. The first-order valence-corrected chi connectivity index (χ1v) is 12.7. The lowest BCUT2D eigenvalue weighted by molar-refractivity contribution is 0.102. The van der Waals surface area contributed by atoms with E-state index in [-0.39, 0.29) is 17.1 Å². The lowest BCUT2D eigenvalue weighted by Crippen LogP contribution is -2.23. The minimum atomic E-state index is -0.0687. The molecule has 35 heavy (non-hydrogen) atoms. The second-order valence-electron chi connectivity index (χ2n) is 8.66. The number of nitrogens with zero attached hydrogens (tertiary/aromatic N) is 5. The Kier molecular flexibility index (Phi) is 6.30. The van der Waals surface area contributed by atoms with Crippen LogP contribution in [-0.2, 0) is 13.1 Å². The maximum absolute atomic E-state index is 13.3. The van der Waals surface area contributed by atoms with Crippen LogP contribution in [-0.4, -0.2) is 35.3 Å². The number of benzene rings is 2. The Morgan fingerprint density at radius 2 is 1.71 bits per heavy atom. The van der Waals surface area contributed by atoms with Crippen LogP contribution in [0.1, 0.15) is 40.7 Å². The molecule has 8 heteroatoms. The number of aryl methyl sites for hydroxylation is 2. The molecule has 3 aromatic heterocycles. The molecule has 0 atom stereocenters. The molecule has 0 saturated heterocycles. The number of fused-ring (bicyclic) bond motifs is 3. The van der Waals surface area contributed by atoms with Gasteiger partial charge in [-0.25, -0.2) is 0 Å². The van der Waals surface area contributed by atoms with Crippen molar-refractivity contribution < 1.29 is 4.79 Å². The number of thioether (sulfide) groups is 1. The minimum Gasteiger partial charge on any atom is -0.344 e. The molecule has 0 bridgehead atoms. The van der Waals surface area contributed by atoms with Crippen LogP contribution in [0.5, 0.6) is 0 Å². The zero-order valence-electron chi connectivity index (χ0n) is 20.1. The van der Waals surface area contributed by atoms with Crippen molar-refractivity contribution in [3.05, 3.63) is 93.5 Å². The largest absolute Gasteiger partial charge is 0.344 e. The Morgan fingerprint density at radius 3 is 2.49 bits per heavy atom. The summed E-state index contributed by atoms with van der Waals surface area (Å²) in [4.78, 5) is 26.3. The van der Waals surface area contributed by atoms with Crippen molar-refractivity contribution >= 4 is 34.2 Å². The molecule has 0 aliphatic rings. The number of hydrogen-bond donors (Lipinski definition) is 0. The van der Waals surface area contributed by atoms with Crippen LogP contribution < -0.4 is 5.56 Å². The smallest absolute Gasteiger partial charge is 0.262 e. The van der Waals surface area contributed by atoms with Gasteiger partial charge in [0.25, 0.3) is 5.56 Å². The average molecular weight is 486 g/mol. The van der Waals surface area contributed by atoms with E-state index in [4.69, 9.17) is 0 Å². The van der Waals surface area contributed by atoms with Gasteiger partial charge in [0.1, 0.15) is 0 Å². The SMILES string of the molecule is CCCn1c(=O)c2ccccc2n2c(SCC(=O)c3cc(C)n(Cc4ccccc4)c3C)nnc12. The molecule has 0 radical (unpaired) electrons. The van der Waals surface area contributed by atoms with Crippen molar-refractivity contribution in [2.24, 2.45) is 0 Å². The molecule has 0 aliphatic heterocycles. The lowest BCUT2D eigenvalue weighted by atomic mass is 10.2. The number of ketones is 1. The minimum absolute atomic E-state index is 0.0466. The van der Waals surface area contributed by atoms with Crippen molar-refractivity contribution in [2.45, 2.75) is 45.4 Å². The normalized spacial score (nSPS) is 11.5. The van der Waals surface area contributed by atoms with Gasteiger partial charge in [0.05, 0.1) is 16.7 Å². The van der Waals surface area contributed by atoms with E-state index in [2.05, 4.69) is 26.9 Å². The number of Topliss-reactive ketones (excluding diaryl/α,β-unsaturated/α-hetero) is 1. The van der Waals surface area contributed by atoms with Crippen LogP contribution >= 0.6 is 11.8 Å². The number of para-hydroxylation sites is 1. The molecule has 7 nitrogen and oxygen atoms in total. The van der Waals surface area contributed by atoms with Crippen molar-refractivity contribution in [1.29, 1.82) is 0 Å². The van der Waals surface area contributed by atoms with E-state index in [9.17, 15) is 9.59 Å². The number of hydrogen-bond acceptors (Lipinski definition) is 5. The molecular formula is C27H27N5O2S. The second-order valence-corrected chi connectivity index (χ2v) is 9.60. The fraction of sp³-hybridized carbons (Fsp3) is 0.259. The Morgan fingerprint density at radius 1 is 0.971 bits per heavy atom. The van der Waals surface area contributed by atoms with Crippen LogP contribution in [0.3, 0.4) is 0 Å². The zero-order chi connectivity index (χ0) is 24.5. The van der Waals surface area contributed by atoms with Gasteiger partial charge < -0.3 is 4.57 Å². The molecule has 0 aliphatic carbocycles. The van der Waals surface area contributed by atoms with E-state index in [1.54, 1.807) is 4.57 Å². The molecule has 0 spiro atoms. The van der Waals surface area contributed by atoms with Gasteiger partial charge in [-0.05, 0) is 44.0 Å². The van der Waals surface area contributed by atoms with Crippen LogP contribution in [0.15, 0.2) is 70.6 Å². The quantitative estimate of drug-likeness (QED) is 0.231. The van der Waals surface area contributed by atoms with Gasteiger partial charge in [0.2, 0.25) is 5.78 Å². The summed E-state index contributed by atoms with van der Waals surface area (Å²) in [5, 5.41) is 9.90. The first-order chi connectivity index (χ1) is 17.0. The van der Waals surface area contributed by atoms with Crippen molar-refractivity contribution in [1.82, 2.24) is 23.7 Å². The lowest BCUT2D eigenvalue weighted by Gasteiger charge is -2.10. The third-order valence-corrected chi connectivity index (χ3v) is 7.24. The standard InChI is InChI=1S/C27H27N5O2S/c1-4-14-30-25(34)21-12-8-9-13-23(21)32-26(30)28-29-27(32)35-17-24(33)22-15-18(2)31(19(22)3)16-20-10-6-5-7-11-20/h5-13,15H,4,14,16-17H2,1-3H3. The zero-order valence-corrected chi connectivity index (χ0v) is 20.9. The predicted octanol–water partition coefficient (Wildman–Crippen LogP) is 4.90. The number of rotatable bonds is 8. The highest BCUT2D eigenvalue weighted by Crippen LogP contribution is 2.24. The highest BCUT2D eigenvalue weighted by atomic mass is 32.2. The highest BCUT2D eigenvalue weighted by Gasteiger charge is 2.20. The van der Waals surface area contributed by atoms with Crippen molar-refractivity contribution in [3.8, 4) is 0 Å². The summed E-state index contributed by atoms with van der Waals surface area (Å²) < 4.78 is 5.73. The van der Waals surface area contributed by atoms with E-state index >= 15 is 0 Å². The first-order valence-electron chi connectivity index (χ1n) is 11.7. The molecule has 0 saturated carbocycles. The number of carbonyl (C=O) groups excluding carboxylic acids is 1. The Labute approximate surface area is 207 Å². The maximum Gasteiger partial charge on any atom is 0.262 e. The second kappa shape index (κ2) is 9.54. The molecule has 2 aromatic carbocycles. The Hall–Kier alpha value is -3.65. The van der Waals surface area contributed by atoms with Gasteiger partial charge in [-0.15, -0.1) is 10.2 Å². The maximum atomic E-state index is 13.3. The summed E-state index contributed by atoms with van der Waals surface area (Å²) in [6.45, 7) is 7.34. The molecule has 0 fully saturated rings. The van der Waals surface area contributed by atoms with E-state index in [0.717, 1.165) is 35.4 Å². The summed E-state index contributed by atoms with van der Waals surface area (Å²) in [5.41, 5.74) is 4.63. The third kappa shape index (κ3) is 4.18. The fourth-order valence-electron chi connectivity index (χ4n) is 4.55. The van der Waals surface area contributed by atoms with Crippen LogP contribution in [0.25, 0.3) is 16.7 Å². The fourth-order valence-corrected chi connectivity index (χ4v) is 5.38. The van der Waals surface area contributed by atoms with Gasteiger partial charge in [-0.2, -0.15) is 0 Å². The predicted molar refractivity (Wildman–Crippen MR) is 140 cm³/mol. The van der Waals surface area contributed by atoms with Gasteiger partial charge in [0, 0.05) is 30.0 Å². The van der Waals surface area contributed by atoms with Crippen molar-refractivity contribution in [3.63, 3.8) is 0 Å². The summed E-state index contributed by atoms with van der Waals surface area (Å²) >= 11 is 1.35. The Balaban J connectivity index is 1.45. The van der Waals surface area contributed by atoms with E-state index in [0.29, 0.717) is 22.9 Å². The molecule has 5 rings (SSSR count). The highest BCUT2D eigenvalue weighted by molar-refractivity contribution is 7.99. The van der Waals surface area contributed by atoms with Crippen LogP contribution in [0.2, 0.25) is 0 Å². The van der Waals surface area contributed by atoms with Gasteiger partial charge >= 0.3 is 0 Å². The van der Waals surface area contributed by atoms with E-state index in [1.165, 1.54) is 17.3 Å². The number of carbonyl (C=O) groups is 1. The molecule has 3 heterocycles. The summed E-state index contributed by atoms with van der Waals surface area (Å²) in [5.74, 6) is 0.786. The van der Waals surface area contributed by atoms with Crippen LogP contribution in [0.4, 0.5) is 0 Å². The van der Waals surface area contributed by atoms with Crippen molar-refractivity contribution in [2.75, 3.05) is 5.75 Å². The third-order valence-electron chi connectivity index (χ3n) is 6.32. The molecule has 178 valence electrons. The van der Waals surface area contributed by atoms with Gasteiger partial charge in [0.15, 0.2) is 10.9 Å². The van der Waals surface area contributed by atoms with Gasteiger partial charge in [-0.3, -0.25) is 18.6 Å². The molecular weight excluding hydrogens is 458 g/mol. The topological polar surface area (TPSA) is 74.2 Å². The average Bonchev–Trinajstić information content (AvgIpc) is 3.42. The van der Waals surface area contributed by atoms with Gasteiger partial charge in [-0.1, -0.05) is 61.2 Å². The molecule has 0 unspecified atom stereocenters. The summed E-state index contributed by atoms with van der Waals surface area (Å²) in [6.07, 6.45) is 0.806. The number of aromatic nitrogens is 5.